The van der Waals surface area contributed by atoms with Crippen LogP contribution < -0.4 is 0 Å². The molecular formula is C15H21NO3. The van der Waals surface area contributed by atoms with Gasteiger partial charge in [0.15, 0.2) is 0 Å². The van der Waals surface area contributed by atoms with Gasteiger partial charge in [0.25, 0.3) is 0 Å². The lowest BCUT2D eigenvalue weighted by atomic mass is 10.0. The highest BCUT2D eigenvalue weighted by Gasteiger charge is 2.36. The molecule has 19 heavy (non-hydrogen) atoms. The number of amides is 1. The average molecular weight is 263 g/mol. The Morgan fingerprint density at radius 1 is 1.21 bits per heavy atom. The van der Waals surface area contributed by atoms with E-state index in [0.29, 0.717) is 6.54 Å². The minimum atomic E-state index is -1.18. The standard InChI is InChI=1S/C15H21NO3/c1-5-16(15(3,4)14(18)19)13(17)10-12-8-6-11(2)7-9-12/h6-9H,5,10H2,1-4H3,(H,18,19). The van der Waals surface area contributed by atoms with Crippen molar-refractivity contribution in [3.63, 3.8) is 0 Å². The molecule has 4 heteroatoms. The lowest BCUT2D eigenvalue weighted by Gasteiger charge is -2.34. The molecule has 4 nitrogen and oxygen atoms in total. The molecule has 1 aromatic rings. The maximum atomic E-state index is 12.2. The quantitative estimate of drug-likeness (QED) is 0.886. The fraction of sp³-hybridized carbons (Fsp3) is 0.467. The molecule has 0 unspecified atom stereocenters. The number of rotatable bonds is 5. The number of carboxylic acid groups (broad SMARTS) is 1. The normalized spacial score (nSPS) is 11.2. The average Bonchev–Trinajstić information content (AvgIpc) is 2.32. The van der Waals surface area contributed by atoms with Crippen LogP contribution in [0, 0.1) is 6.92 Å². The van der Waals surface area contributed by atoms with Crippen LogP contribution in [0.15, 0.2) is 24.3 Å². The molecule has 104 valence electrons. The molecule has 1 N–H and O–H groups in total. The smallest absolute Gasteiger partial charge is 0.329 e. The topological polar surface area (TPSA) is 57.6 Å². The van der Waals surface area contributed by atoms with Crippen LogP contribution in [0.3, 0.4) is 0 Å². The summed E-state index contributed by atoms with van der Waals surface area (Å²) in [5.41, 5.74) is 0.848. The third-order valence-electron chi connectivity index (χ3n) is 3.29. The predicted molar refractivity (Wildman–Crippen MR) is 74.0 cm³/mol. The van der Waals surface area contributed by atoms with E-state index >= 15 is 0 Å². The maximum absolute atomic E-state index is 12.2. The van der Waals surface area contributed by atoms with Gasteiger partial charge in [-0.15, -0.1) is 0 Å². The molecule has 0 fully saturated rings. The Kier molecular flexibility index (Phi) is 4.70. The number of carboxylic acids is 1. The van der Waals surface area contributed by atoms with Crippen LogP contribution in [0.1, 0.15) is 31.9 Å². The van der Waals surface area contributed by atoms with Gasteiger partial charge < -0.3 is 10.0 Å². The Morgan fingerprint density at radius 3 is 2.16 bits per heavy atom. The van der Waals surface area contributed by atoms with Crippen molar-refractivity contribution >= 4 is 11.9 Å². The number of hydrogen-bond donors (Lipinski definition) is 1. The zero-order chi connectivity index (χ0) is 14.6. The molecule has 0 saturated carbocycles. The zero-order valence-corrected chi connectivity index (χ0v) is 11.9. The molecule has 0 spiro atoms. The van der Waals surface area contributed by atoms with Gasteiger partial charge in [0.2, 0.25) is 5.91 Å². The van der Waals surface area contributed by atoms with E-state index in [2.05, 4.69) is 0 Å². The number of carbonyl (C=O) groups is 2. The predicted octanol–water partition coefficient (Wildman–Crippen LogP) is 2.25. The summed E-state index contributed by atoms with van der Waals surface area (Å²) < 4.78 is 0. The molecule has 0 aliphatic heterocycles. The summed E-state index contributed by atoms with van der Waals surface area (Å²) in [5, 5.41) is 9.20. The second-order valence-corrected chi connectivity index (χ2v) is 5.16. The van der Waals surface area contributed by atoms with Crippen molar-refractivity contribution in [2.45, 2.75) is 39.7 Å². The number of nitrogens with zero attached hydrogens (tertiary/aromatic N) is 1. The van der Waals surface area contributed by atoms with E-state index in [1.165, 1.54) is 4.90 Å². The fourth-order valence-electron chi connectivity index (χ4n) is 1.97. The van der Waals surface area contributed by atoms with E-state index in [9.17, 15) is 14.7 Å². The van der Waals surface area contributed by atoms with Gasteiger partial charge in [-0.05, 0) is 33.3 Å². The minimum absolute atomic E-state index is 0.168. The second-order valence-electron chi connectivity index (χ2n) is 5.16. The third-order valence-corrected chi connectivity index (χ3v) is 3.29. The van der Waals surface area contributed by atoms with E-state index in [0.717, 1.165) is 11.1 Å². The van der Waals surface area contributed by atoms with Crippen LogP contribution >= 0.6 is 0 Å². The van der Waals surface area contributed by atoms with Gasteiger partial charge >= 0.3 is 5.97 Å². The van der Waals surface area contributed by atoms with Crippen LogP contribution in [0.25, 0.3) is 0 Å². The Morgan fingerprint density at radius 2 is 1.74 bits per heavy atom. The number of aliphatic carboxylic acids is 1. The lowest BCUT2D eigenvalue weighted by molar-refractivity contribution is -0.156. The van der Waals surface area contributed by atoms with E-state index in [1.807, 2.05) is 31.2 Å². The van der Waals surface area contributed by atoms with E-state index < -0.39 is 11.5 Å². The van der Waals surface area contributed by atoms with Crippen molar-refractivity contribution in [1.82, 2.24) is 4.90 Å². The highest BCUT2D eigenvalue weighted by molar-refractivity contribution is 5.87. The van der Waals surface area contributed by atoms with E-state index in [-0.39, 0.29) is 12.3 Å². The highest BCUT2D eigenvalue weighted by Crippen LogP contribution is 2.16. The molecule has 0 radical (unpaired) electrons. The Bertz CT molecular complexity index is 463. The number of hydrogen-bond acceptors (Lipinski definition) is 2. The largest absolute Gasteiger partial charge is 0.480 e. The fourth-order valence-corrected chi connectivity index (χ4v) is 1.97. The minimum Gasteiger partial charge on any atom is -0.480 e. The molecule has 0 aromatic heterocycles. The number of likely N-dealkylation sites (N-methyl/N-ethyl adjacent to an activating group) is 1. The van der Waals surface area contributed by atoms with Crippen molar-refractivity contribution < 1.29 is 14.7 Å². The Balaban J connectivity index is 2.86. The summed E-state index contributed by atoms with van der Waals surface area (Å²) in [5.74, 6) is -1.16. The first kappa shape index (κ1) is 15.2. The molecule has 0 saturated heterocycles. The van der Waals surface area contributed by atoms with Crippen LogP contribution in [-0.2, 0) is 16.0 Å². The van der Waals surface area contributed by atoms with Crippen LogP contribution in [-0.4, -0.2) is 34.0 Å². The monoisotopic (exact) mass is 263 g/mol. The first-order chi connectivity index (χ1) is 8.78. The van der Waals surface area contributed by atoms with E-state index in [1.54, 1.807) is 20.8 Å². The number of benzene rings is 1. The Labute approximate surface area is 114 Å². The van der Waals surface area contributed by atoms with Crippen molar-refractivity contribution in [3.05, 3.63) is 35.4 Å². The van der Waals surface area contributed by atoms with Gasteiger partial charge in [-0.3, -0.25) is 4.79 Å². The van der Waals surface area contributed by atoms with E-state index in [4.69, 9.17) is 0 Å². The molecule has 0 aliphatic carbocycles. The Hall–Kier alpha value is -1.84. The van der Waals surface area contributed by atoms with Crippen molar-refractivity contribution in [2.75, 3.05) is 6.54 Å². The van der Waals surface area contributed by atoms with Gasteiger partial charge in [0.05, 0.1) is 6.42 Å². The number of carbonyl (C=O) groups excluding carboxylic acids is 1. The summed E-state index contributed by atoms with van der Waals surface area (Å²) in [7, 11) is 0. The van der Waals surface area contributed by atoms with Crippen molar-refractivity contribution in [2.24, 2.45) is 0 Å². The van der Waals surface area contributed by atoms with Crippen molar-refractivity contribution in [3.8, 4) is 0 Å². The highest BCUT2D eigenvalue weighted by atomic mass is 16.4. The molecule has 1 amide bonds. The van der Waals surface area contributed by atoms with Crippen LogP contribution in [0.4, 0.5) is 0 Å². The summed E-state index contributed by atoms with van der Waals surface area (Å²) in [4.78, 5) is 24.9. The molecule has 0 atom stereocenters. The van der Waals surface area contributed by atoms with Gasteiger partial charge in [0, 0.05) is 6.54 Å². The third kappa shape index (κ3) is 3.56. The SMILES string of the molecule is CCN(C(=O)Cc1ccc(C)cc1)C(C)(C)C(=O)O. The summed E-state index contributed by atoms with van der Waals surface area (Å²) >= 11 is 0. The summed E-state index contributed by atoms with van der Waals surface area (Å²) in [6.45, 7) is 7.25. The lowest BCUT2D eigenvalue weighted by Crippen LogP contribution is -2.53. The van der Waals surface area contributed by atoms with Gasteiger partial charge in [0.1, 0.15) is 5.54 Å². The van der Waals surface area contributed by atoms with Gasteiger partial charge in [-0.1, -0.05) is 29.8 Å². The molecule has 1 aromatic carbocycles. The number of aryl methyl sites for hydroxylation is 1. The van der Waals surface area contributed by atoms with Gasteiger partial charge in [-0.2, -0.15) is 0 Å². The second kappa shape index (κ2) is 5.87. The summed E-state index contributed by atoms with van der Waals surface area (Å²) in [6, 6.07) is 7.69. The first-order valence-electron chi connectivity index (χ1n) is 6.38. The molecule has 0 aliphatic rings. The summed E-state index contributed by atoms with van der Waals surface area (Å²) in [6.07, 6.45) is 0.227. The molecule has 0 bridgehead atoms. The van der Waals surface area contributed by atoms with Crippen LogP contribution in [0.5, 0.6) is 0 Å². The first-order valence-corrected chi connectivity index (χ1v) is 6.38. The van der Waals surface area contributed by atoms with Crippen LogP contribution in [0.2, 0.25) is 0 Å². The maximum Gasteiger partial charge on any atom is 0.329 e. The van der Waals surface area contributed by atoms with Crippen molar-refractivity contribution in [1.29, 1.82) is 0 Å². The molecular weight excluding hydrogens is 242 g/mol. The molecule has 0 heterocycles. The zero-order valence-electron chi connectivity index (χ0n) is 11.9. The molecule has 1 rings (SSSR count). The van der Waals surface area contributed by atoms with Gasteiger partial charge in [-0.25, -0.2) is 4.79 Å².